The highest BCUT2D eigenvalue weighted by molar-refractivity contribution is 5.99. The van der Waals surface area contributed by atoms with Crippen molar-refractivity contribution in [2.45, 2.75) is 51.5 Å². The van der Waals surface area contributed by atoms with Crippen LogP contribution >= 0.6 is 0 Å². The Kier molecular flexibility index (Phi) is 7.45. The Labute approximate surface area is 229 Å². The SMILES string of the molecule is CC/C(=C(/c1ccc(/C=C/C2NOC(=O)N2)cc1)c1ccc2c(c1)CNN2C1CCCCO1)c1ccccc1. The van der Waals surface area contributed by atoms with E-state index in [0.29, 0.717) is 0 Å². The molecule has 3 N–H and O–H groups in total. The van der Waals surface area contributed by atoms with Crippen molar-refractivity contribution in [1.82, 2.24) is 16.2 Å². The second kappa shape index (κ2) is 11.5. The number of carbonyl (C=O) groups excluding carboxylic acids is 1. The third-order valence-corrected chi connectivity index (χ3v) is 7.52. The van der Waals surface area contributed by atoms with E-state index in [4.69, 9.17) is 9.57 Å². The zero-order valence-electron chi connectivity index (χ0n) is 22.2. The number of hydrogen-bond acceptors (Lipinski definition) is 6. The van der Waals surface area contributed by atoms with Gasteiger partial charge in [0, 0.05) is 13.2 Å². The maximum absolute atomic E-state index is 11.2. The fourth-order valence-corrected chi connectivity index (χ4v) is 5.60. The summed E-state index contributed by atoms with van der Waals surface area (Å²) in [6.45, 7) is 3.84. The Morgan fingerprint density at radius 1 is 1.00 bits per heavy atom. The average molecular weight is 523 g/mol. The van der Waals surface area contributed by atoms with Crippen molar-refractivity contribution in [3.05, 3.63) is 107 Å². The predicted molar refractivity (Wildman–Crippen MR) is 154 cm³/mol. The summed E-state index contributed by atoms with van der Waals surface area (Å²) in [6.07, 6.45) is 7.42. The fraction of sp³-hybridized carbons (Fsp3) is 0.281. The maximum Gasteiger partial charge on any atom is 0.427 e. The Morgan fingerprint density at radius 3 is 2.54 bits per heavy atom. The van der Waals surface area contributed by atoms with E-state index in [2.05, 4.69) is 101 Å². The highest BCUT2D eigenvalue weighted by atomic mass is 16.7. The first-order valence-electron chi connectivity index (χ1n) is 13.8. The third kappa shape index (κ3) is 5.47. The number of ether oxygens (including phenoxy) is 1. The number of fused-ring (bicyclic) bond motifs is 1. The molecular formula is C32H34N4O3. The van der Waals surface area contributed by atoms with Crippen molar-refractivity contribution in [2.24, 2.45) is 0 Å². The monoisotopic (exact) mass is 522 g/mol. The highest BCUT2D eigenvalue weighted by Crippen LogP contribution is 2.38. The van der Waals surface area contributed by atoms with Gasteiger partial charge < -0.3 is 9.57 Å². The summed E-state index contributed by atoms with van der Waals surface area (Å²) in [4.78, 5) is 16.0. The van der Waals surface area contributed by atoms with Crippen LogP contribution in [0.25, 0.3) is 17.2 Å². The molecule has 0 saturated carbocycles. The van der Waals surface area contributed by atoms with Crippen molar-refractivity contribution < 1.29 is 14.4 Å². The first kappa shape index (κ1) is 25.4. The molecule has 0 aromatic heterocycles. The number of allylic oxidation sites excluding steroid dienone is 1. The minimum Gasteiger partial charge on any atom is -0.357 e. The van der Waals surface area contributed by atoms with Gasteiger partial charge in [0.2, 0.25) is 0 Å². The molecule has 3 aromatic carbocycles. The molecule has 0 spiro atoms. The first-order valence-corrected chi connectivity index (χ1v) is 13.8. The molecule has 0 bridgehead atoms. The number of anilines is 1. The zero-order chi connectivity index (χ0) is 26.6. The van der Waals surface area contributed by atoms with Gasteiger partial charge in [-0.15, -0.1) is 5.48 Å². The summed E-state index contributed by atoms with van der Waals surface area (Å²) in [7, 11) is 0. The van der Waals surface area contributed by atoms with Crippen LogP contribution in [-0.2, 0) is 16.1 Å². The molecule has 6 rings (SSSR count). The van der Waals surface area contributed by atoms with Crippen LogP contribution in [0.2, 0.25) is 0 Å². The van der Waals surface area contributed by atoms with Crippen LogP contribution in [0.1, 0.15) is 60.4 Å². The molecule has 3 heterocycles. The van der Waals surface area contributed by atoms with E-state index in [-0.39, 0.29) is 12.4 Å². The number of hydrogen-bond donors (Lipinski definition) is 3. The molecule has 2 atom stereocenters. The summed E-state index contributed by atoms with van der Waals surface area (Å²) in [5.41, 5.74) is 15.9. The van der Waals surface area contributed by atoms with Crippen LogP contribution in [-0.4, -0.2) is 25.1 Å². The van der Waals surface area contributed by atoms with Gasteiger partial charge in [0.25, 0.3) is 0 Å². The molecule has 7 nitrogen and oxygen atoms in total. The van der Waals surface area contributed by atoms with Gasteiger partial charge in [-0.2, -0.15) is 0 Å². The first-order chi connectivity index (χ1) is 19.2. The van der Waals surface area contributed by atoms with Gasteiger partial charge in [-0.1, -0.05) is 73.7 Å². The molecule has 3 aromatic rings. The molecule has 0 radical (unpaired) electrons. The number of amides is 1. The molecule has 7 heteroatoms. The van der Waals surface area contributed by atoms with Gasteiger partial charge in [-0.3, -0.25) is 10.3 Å². The van der Waals surface area contributed by atoms with E-state index in [1.807, 2.05) is 12.2 Å². The van der Waals surface area contributed by atoms with Crippen LogP contribution in [0, 0.1) is 0 Å². The van der Waals surface area contributed by atoms with E-state index in [1.165, 1.54) is 45.5 Å². The largest absolute Gasteiger partial charge is 0.427 e. The second-order valence-electron chi connectivity index (χ2n) is 10.1. The number of hydrazine groups is 1. The minimum atomic E-state index is -0.471. The molecule has 2 saturated heterocycles. The van der Waals surface area contributed by atoms with Crippen LogP contribution in [0.15, 0.2) is 78.9 Å². The van der Waals surface area contributed by atoms with E-state index in [9.17, 15) is 4.79 Å². The lowest BCUT2D eigenvalue weighted by molar-refractivity contribution is 0.00928. The lowest BCUT2D eigenvalue weighted by Crippen LogP contribution is -2.44. The molecule has 39 heavy (non-hydrogen) atoms. The van der Waals surface area contributed by atoms with Crippen molar-refractivity contribution in [3.63, 3.8) is 0 Å². The average Bonchev–Trinajstić information content (AvgIpc) is 3.61. The van der Waals surface area contributed by atoms with Gasteiger partial charge in [-0.05, 0) is 82.9 Å². The lowest BCUT2D eigenvalue weighted by atomic mass is 9.87. The van der Waals surface area contributed by atoms with Crippen molar-refractivity contribution >= 4 is 29.0 Å². The van der Waals surface area contributed by atoms with Crippen LogP contribution in [0.4, 0.5) is 10.5 Å². The summed E-state index contributed by atoms with van der Waals surface area (Å²) >= 11 is 0. The number of benzene rings is 3. The van der Waals surface area contributed by atoms with E-state index in [1.54, 1.807) is 0 Å². The van der Waals surface area contributed by atoms with E-state index in [0.717, 1.165) is 38.0 Å². The van der Waals surface area contributed by atoms with Gasteiger partial charge in [0.1, 0.15) is 12.4 Å². The van der Waals surface area contributed by atoms with Gasteiger partial charge in [0.05, 0.1) is 5.69 Å². The molecule has 3 aliphatic heterocycles. The van der Waals surface area contributed by atoms with Crippen molar-refractivity contribution in [1.29, 1.82) is 0 Å². The molecule has 2 fully saturated rings. The Balaban J connectivity index is 1.35. The van der Waals surface area contributed by atoms with E-state index < -0.39 is 6.09 Å². The fourth-order valence-electron chi connectivity index (χ4n) is 5.60. The topological polar surface area (TPSA) is 74.9 Å². The van der Waals surface area contributed by atoms with Crippen LogP contribution in [0.3, 0.4) is 0 Å². The Bertz CT molecular complexity index is 1380. The number of hydroxylamine groups is 1. The summed E-state index contributed by atoms with van der Waals surface area (Å²) in [5, 5.41) is 4.89. The number of nitrogens with zero attached hydrogens (tertiary/aromatic N) is 1. The lowest BCUT2D eigenvalue weighted by Gasteiger charge is -2.32. The standard InChI is InChI=1S/C32H34N4O3/c1-2-27(23-8-4-3-5-9-23)31(24-14-11-22(12-15-24)13-18-29-34-32(37)39-35-29)25-16-17-28-26(20-25)21-33-36(28)30-10-6-7-19-38-30/h3-5,8-9,11-18,20,29-30,33,35H,2,6-7,10,19,21H2,1H3,(H,34,37)/b18-13+,31-27+. The third-order valence-electron chi connectivity index (χ3n) is 7.52. The quantitative estimate of drug-likeness (QED) is 0.331. The summed E-state index contributed by atoms with van der Waals surface area (Å²) in [6, 6.07) is 26.1. The summed E-state index contributed by atoms with van der Waals surface area (Å²) < 4.78 is 6.07. The van der Waals surface area contributed by atoms with Crippen LogP contribution in [0.5, 0.6) is 0 Å². The summed E-state index contributed by atoms with van der Waals surface area (Å²) in [5.74, 6) is 0. The highest BCUT2D eigenvalue weighted by Gasteiger charge is 2.28. The number of carbonyl (C=O) groups is 1. The van der Waals surface area contributed by atoms with Crippen molar-refractivity contribution in [3.8, 4) is 0 Å². The predicted octanol–water partition coefficient (Wildman–Crippen LogP) is 5.99. The van der Waals surface area contributed by atoms with Gasteiger partial charge >= 0.3 is 6.09 Å². The van der Waals surface area contributed by atoms with Gasteiger partial charge in [0.15, 0.2) is 0 Å². The van der Waals surface area contributed by atoms with E-state index >= 15 is 0 Å². The van der Waals surface area contributed by atoms with Crippen molar-refractivity contribution in [2.75, 3.05) is 11.6 Å². The molecular weight excluding hydrogens is 488 g/mol. The zero-order valence-corrected chi connectivity index (χ0v) is 22.2. The van der Waals surface area contributed by atoms with Crippen LogP contribution < -0.4 is 21.2 Å². The smallest absolute Gasteiger partial charge is 0.357 e. The Morgan fingerprint density at radius 2 is 1.82 bits per heavy atom. The Hall–Kier alpha value is -3.91. The molecule has 2 unspecified atom stereocenters. The molecule has 3 aliphatic rings. The number of rotatable bonds is 7. The molecule has 200 valence electrons. The molecule has 1 amide bonds. The second-order valence-corrected chi connectivity index (χ2v) is 10.1. The number of nitrogens with one attached hydrogen (secondary N) is 3. The minimum absolute atomic E-state index is 0.0938. The molecule has 0 aliphatic carbocycles. The van der Waals surface area contributed by atoms with Gasteiger partial charge in [-0.25, -0.2) is 10.2 Å². The maximum atomic E-state index is 11.2. The normalized spacial score (nSPS) is 21.5.